The fraction of sp³-hybridized carbons (Fsp3) is 0.333. The number of nitrogens with zero attached hydrogens (tertiary/aromatic N) is 2. The van der Waals surface area contributed by atoms with Crippen LogP contribution in [0.25, 0.3) is 0 Å². The van der Waals surface area contributed by atoms with E-state index in [2.05, 4.69) is 20.6 Å². The van der Waals surface area contributed by atoms with Crippen LogP contribution in [0, 0.1) is 6.92 Å². The van der Waals surface area contributed by atoms with Crippen molar-refractivity contribution in [1.29, 1.82) is 0 Å². The highest BCUT2D eigenvalue weighted by Gasteiger charge is 2.33. The molecule has 9 heteroatoms. The summed E-state index contributed by atoms with van der Waals surface area (Å²) >= 11 is 5.60. The van der Waals surface area contributed by atoms with Crippen LogP contribution in [-0.2, 0) is 10.9 Å². The zero-order chi connectivity index (χ0) is 17.7. The second-order valence-electron chi connectivity index (χ2n) is 4.96. The molecule has 1 aromatic heterocycles. The topological polar surface area (TPSA) is 59.1 Å². The average molecular weight is 361 g/mol. The molecule has 130 valence electrons. The van der Waals surface area contributed by atoms with Gasteiger partial charge in [-0.2, -0.15) is 18.2 Å². The number of rotatable bonds is 6. The number of alkyl halides is 3. The van der Waals surface area contributed by atoms with Gasteiger partial charge in [-0.15, -0.1) is 0 Å². The quantitative estimate of drug-likeness (QED) is 0.754. The van der Waals surface area contributed by atoms with Gasteiger partial charge < -0.3 is 15.4 Å². The zero-order valence-electron chi connectivity index (χ0n) is 13.0. The highest BCUT2D eigenvalue weighted by Crippen LogP contribution is 2.36. The van der Waals surface area contributed by atoms with Crippen molar-refractivity contribution in [3.8, 4) is 0 Å². The van der Waals surface area contributed by atoms with Crippen molar-refractivity contribution >= 4 is 29.1 Å². The van der Waals surface area contributed by atoms with Gasteiger partial charge in [-0.05, 0) is 25.1 Å². The highest BCUT2D eigenvalue weighted by atomic mass is 35.5. The van der Waals surface area contributed by atoms with E-state index >= 15 is 0 Å². The average Bonchev–Trinajstić information content (AvgIpc) is 2.48. The molecule has 0 saturated carbocycles. The van der Waals surface area contributed by atoms with E-state index in [9.17, 15) is 13.2 Å². The van der Waals surface area contributed by atoms with Crippen LogP contribution in [0.15, 0.2) is 24.3 Å². The Bertz CT molecular complexity index is 710. The Balaban J connectivity index is 2.22. The molecule has 24 heavy (non-hydrogen) atoms. The Morgan fingerprint density at radius 3 is 2.62 bits per heavy atom. The molecule has 1 heterocycles. The van der Waals surface area contributed by atoms with E-state index in [0.29, 0.717) is 24.7 Å². The summed E-state index contributed by atoms with van der Waals surface area (Å²) in [7, 11) is 1.58. The molecule has 0 unspecified atom stereocenters. The van der Waals surface area contributed by atoms with E-state index in [-0.39, 0.29) is 16.7 Å². The molecule has 1 aromatic carbocycles. The van der Waals surface area contributed by atoms with Gasteiger partial charge in [0.05, 0.1) is 17.2 Å². The van der Waals surface area contributed by atoms with E-state index in [1.807, 2.05) is 0 Å². The molecule has 0 aliphatic rings. The number of anilines is 3. The molecule has 0 radical (unpaired) electrons. The number of ether oxygens (including phenoxy) is 1. The van der Waals surface area contributed by atoms with Crippen molar-refractivity contribution in [3.63, 3.8) is 0 Å². The number of aromatic nitrogens is 2. The molecular formula is C15H16ClF3N4O. The number of nitrogens with one attached hydrogen (secondary N) is 2. The van der Waals surface area contributed by atoms with Gasteiger partial charge in [-0.25, -0.2) is 4.98 Å². The highest BCUT2D eigenvalue weighted by molar-refractivity contribution is 6.31. The fourth-order valence-electron chi connectivity index (χ4n) is 1.95. The number of benzene rings is 1. The summed E-state index contributed by atoms with van der Waals surface area (Å²) in [5.41, 5.74) is -0.0575. The van der Waals surface area contributed by atoms with Crippen LogP contribution in [0.1, 0.15) is 11.3 Å². The second-order valence-corrected chi connectivity index (χ2v) is 5.36. The monoisotopic (exact) mass is 360 g/mol. The maximum Gasteiger partial charge on any atom is 0.417 e. The molecule has 0 atom stereocenters. The van der Waals surface area contributed by atoms with Crippen LogP contribution in [0.3, 0.4) is 0 Å². The summed E-state index contributed by atoms with van der Waals surface area (Å²) in [5, 5.41) is 5.44. The van der Waals surface area contributed by atoms with Crippen LogP contribution in [0.5, 0.6) is 0 Å². The van der Waals surface area contributed by atoms with Gasteiger partial charge in [0, 0.05) is 31.1 Å². The molecule has 2 rings (SSSR count). The predicted molar refractivity (Wildman–Crippen MR) is 86.9 cm³/mol. The zero-order valence-corrected chi connectivity index (χ0v) is 13.8. The Morgan fingerprint density at radius 1 is 1.21 bits per heavy atom. The molecule has 0 aliphatic heterocycles. The molecule has 2 aromatic rings. The standard InChI is InChI=1S/C15H16ClF3N4O/c1-9-7-13(20-5-6-24-2)23-14(21-9)22-10-3-4-12(16)11(8-10)15(17,18)19/h3-4,7-8H,5-6H2,1-2H3,(H2,20,21,22,23). The number of hydrogen-bond donors (Lipinski definition) is 2. The third kappa shape index (κ3) is 4.97. The molecule has 0 bridgehead atoms. The Hall–Kier alpha value is -2.06. The molecular weight excluding hydrogens is 345 g/mol. The van der Waals surface area contributed by atoms with Crippen molar-refractivity contribution < 1.29 is 17.9 Å². The first kappa shape index (κ1) is 18.3. The molecule has 5 nitrogen and oxygen atoms in total. The van der Waals surface area contributed by atoms with E-state index in [1.165, 1.54) is 12.1 Å². The predicted octanol–water partition coefficient (Wildman–Crippen LogP) is 4.26. The van der Waals surface area contributed by atoms with Crippen LogP contribution >= 0.6 is 11.6 Å². The molecule has 0 saturated heterocycles. The molecule has 2 N–H and O–H groups in total. The van der Waals surface area contributed by atoms with E-state index in [1.54, 1.807) is 20.1 Å². The SMILES string of the molecule is COCCNc1cc(C)nc(Nc2ccc(Cl)c(C(F)(F)F)c2)n1. The summed E-state index contributed by atoms with van der Waals surface area (Å²) in [5.74, 6) is 0.734. The van der Waals surface area contributed by atoms with E-state index in [0.717, 1.165) is 6.07 Å². The Morgan fingerprint density at radius 2 is 1.96 bits per heavy atom. The van der Waals surface area contributed by atoms with Crippen molar-refractivity contribution in [2.45, 2.75) is 13.1 Å². The van der Waals surface area contributed by atoms with Crippen molar-refractivity contribution in [2.24, 2.45) is 0 Å². The van der Waals surface area contributed by atoms with E-state index in [4.69, 9.17) is 16.3 Å². The number of hydrogen-bond acceptors (Lipinski definition) is 5. The maximum atomic E-state index is 12.9. The van der Waals surface area contributed by atoms with Gasteiger partial charge in [0.25, 0.3) is 0 Å². The summed E-state index contributed by atoms with van der Waals surface area (Å²) < 4.78 is 43.6. The van der Waals surface area contributed by atoms with E-state index < -0.39 is 11.7 Å². The first-order valence-electron chi connectivity index (χ1n) is 7.02. The summed E-state index contributed by atoms with van der Waals surface area (Å²) in [6.45, 7) is 2.81. The summed E-state index contributed by atoms with van der Waals surface area (Å²) in [6, 6.07) is 5.26. The lowest BCUT2D eigenvalue weighted by Crippen LogP contribution is -2.11. The van der Waals surface area contributed by atoms with Crippen LogP contribution in [-0.4, -0.2) is 30.2 Å². The number of halogens is 4. The van der Waals surface area contributed by atoms with Gasteiger partial charge in [0.1, 0.15) is 5.82 Å². The second kappa shape index (κ2) is 7.67. The lowest BCUT2D eigenvalue weighted by atomic mass is 10.2. The first-order chi connectivity index (χ1) is 11.3. The van der Waals surface area contributed by atoms with Gasteiger partial charge in [0.2, 0.25) is 5.95 Å². The van der Waals surface area contributed by atoms with Crippen LogP contribution in [0.4, 0.5) is 30.6 Å². The lowest BCUT2D eigenvalue weighted by molar-refractivity contribution is -0.137. The van der Waals surface area contributed by atoms with Gasteiger partial charge in [-0.3, -0.25) is 0 Å². The Kier molecular flexibility index (Phi) is 5.84. The largest absolute Gasteiger partial charge is 0.417 e. The Labute approximate surface area is 142 Å². The number of aryl methyl sites for hydroxylation is 1. The molecule has 0 fully saturated rings. The minimum Gasteiger partial charge on any atom is -0.383 e. The van der Waals surface area contributed by atoms with Crippen LogP contribution in [0.2, 0.25) is 5.02 Å². The van der Waals surface area contributed by atoms with Gasteiger partial charge in [0.15, 0.2) is 0 Å². The fourth-order valence-corrected chi connectivity index (χ4v) is 2.17. The van der Waals surface area contributed by atoms with Gasteiger partial charge in [-0.1, -0.05) is 11.6 Å². The van der Waals surface area contributed by atoms with Crippen molar-refractivity contribution in [3.05, 3.63) is 40.5 Å². The lowest BCUT2D eigenvalue weighted by Gasteiger charge is -2.13. The first-order valence-corrected chi connectivity index (χ1v) is 7.39. The molecule has 0 amide bonds. The smallest absolute Gasteiger partial charge is 0.383 e. The summed E-state index contributed by atoms with van der Waals surface area (Å²) in [6.07, 6.45) is -4.53. The normalized spacial score (nSPS) is 11.4. The summed E-state index contributed by atoms with van der Waals surface area (Å²) in [4.78, 5) is 8.38. The van der Waals surface area contributed by atoms with Crippen molar-refractivity contribution in [2.75, 3.05) is 30.9 Å². The van der Waals surface area contributed by atoms with Crippen LogP contribution < -0.4 is 10.6 Å². The van der Waals surface area contributed by atoms with Crippen molar-refractivity contribution in [1.82, 2.24) is 9.97 Å². The van der Waals surface area contributed by atoms with Gasteiger partial charge >= 0.3 is 6.18 Å². The number of methoxy groups -OCH3 is 1. The maximum absolute atomic E-state index is 12.9. The third-order valence-corrected chi connectivity index (χ3v) is 3.32. The molecule has 0 aliphatic carbocycles. The molecule has 0 spiro atoms. The minimum absolute atomic E-state index is 0.186. The third-order valence-electron chi connectivity index (χ3n) is 2.99. The minimum atomic E-state index is -4.53.